The molecule has 3 aromatic rings. The lowest BCUT2D eigenvalue weighted by molar-refractivity contribution is 0.0519. The number of hydrogen-bond acceptors (Lipinski definition) is 3. The van der Waals surface area contributed by atoms with Crippen LogP contribution in [0, 0.1) is 10.5 Å². The summed E-state index contributed by atoms with van der Waals surface area (Å²) < 4.78 is 6.21. The van der Waals surface area contributed by atoms with Crippen LogP contribution < -0.4 is 0 Å². The highest BCUT2D eigenvalue weighted by atomic mass is 127. The first-order chi connectivity index (χ1) is 9.61. The smallest absolute Gasteiger partial charge is 0.357 e. The van der Waals surface area contributed by atoms with Crippen LogP contribution in [0.2, 0.25) is 0 Å². The van der Waals surface area contributed by atoms with Gasteiger partial charge in [0.1, 0.15) is 0 Å². The number of aryl methyl sites for hydroxylation is 1. The van der Waals surface area contributed by atoms with Gasteiger partial charge in [-0.05, 0) is 60.2 Å². The molecule has 0 atom stereocenters. The summed E-state index contributed by atoms with van der Waals surface area (Å²) in [6, 6.07) is 6.20. The standard InChI is InChI=1S/C15H13IN2O2/c1-3-20-15(19)14-8(2)13-10-6-9(16)4-5-11(10)18-12(13)7-17-14/h4-7,18H,3H2,1-2H3. The van der Waals surface area contributed by atoms with E-state index in [-0.39, 0.29) is 5.97 Å². The third-order valence-corrected chi connectivity index (χ3v) is 3.98. The number of carbonyl (C=O) groups is 1. The molecule has 1 aromatic carbocycles. The fraction of sp³-hybridized carbons (Fsp3) is 0.200. The van der Waals surface area contributed by atoms with E-state index in [9.17, 15) is 4.79 Å². The van der Waals surface area contributed by atoms with Crippen molar-refractivity contribution >= 4 is 50.4 Å². The van der Waals surface area contributed by atoms with Crippen LogP contribution in [0.25, 0.3) is 21.8 Å². The Kier molecular flexibility index (Phi) is 3.37. The van der Waals surface area contributed by atoms with Gasteiger partial charge in [-0.25, -0.2) is 9.78 Å². The highest BCUT2D eigenvalue weighted by Gasteiger charge is 2.17. The van der Waals surface area contributed by atoms with Gasteiger partial charge in [-0.3, -0.25) is 0 Å². The fourth-order valence-corrected chi connectivity index (χ4v) is 2.93. The summed E-state index contributed by atoms with van der Waals surface area (Å²) in [4.78, 5) is 19.5. The molecule has 0 aliphatic heterocycles. The third kappa shape index (κ3) is 2.06. The van der Waals surface area contributed by atoms with Crippen LogP contribution in [-0.4, -0.2) is 22.5 Å². The lowest BCUT2D eigenvalue weighted by Crippen LogP contribution is -2.09. The van der Waals surface area contributed by atoms with E-state index in [1.54, 1.807) is 13.1 Å². The molecule has 0 radical (unpaired) electrons. The molecule has 0 aliphatic rings. The lowest BCUT2D eigenvalue weighted by Gasteiger charge is -2.05. The molecule has 102 valence electrons. The molecule has 0 aliphatic carbocycles. The maximum Gasteiger partial charge on any atom is 0.357 e. The highest BCUT2D eigenvalue weighted by Crippen LogP contribution is 2.30. The SMILES string of the molecule is CCOC(=O)c1ncc2[nH]c3ccc(I)cc3c2c1C. The Hall–Kier alpha value is -1.63. The molecule has 0 saturated heterocycles. The monoisotopic (exact) mass is 380 g/mol. The van der Waals surface area contributed by atoms with Gasteiger partial charge in [-0.2, -0.15) is 0 Å². The zero-order valence-corrected chi connectivity index (χ0v) is 13.3. The predicted molar refractivity (Wildman–Crippen MR) is 87.0 cm³/mol. The number of rotatable bonds is 2. The number of aromatic nitrogens is 2. The number of H-pyrrole nitrogens is 1. The molecule has 0 fully saturated rings. The predicted octanol–water partition coefficient (Wildman–Crippen LogP) is 3.81. The minimum Gasteiger partial charge on any atom is -0.461 e. The quantitative estimate of drug-likeness (QED) is 0.544. The van der Waals surface area contributed by atoms with Crippen molar-refractivity contribution in [1.29, 1.82) is 0 Å². The van der Waals surface area contributed by atoms with Crippen LogP contribution in [0.4, 0.5) is 0 Å². The number of pyridine rings is 1. The molecule has 1 N–H and O–H groups in total. The second kappa shape index (κ2) is 5.05. The molecule has 0 amide bonds. The number of halogens is 1. The molecule has 0 bridgehead atoms. The van der Waals surface area contributed by atoms with Crippen LogP contribution in [0.5, 0.6) is 0 Å². The van der Waals surface area contributed by atoms with E-state index in [1.807, 2.05) is 19.1 Å². The summed E-state index contributed by atoms with van der Waals surface area (Å²) >= 11 is 2.28. The Labute approximate surface area is 129 Å². The second-order valence-electron chi connectivity index (χ2n) is 4.56. The average molecular weight is 380 g/mol. The Bertz CT molecular complexity index is 823. The fourth-order valence-electron chi connectivity index (χ4n) is 2.44. The number of aromatic amines is 1. The van der Waals surface area contributed by atoms with E-state index in [0.717, 1.165) is 30.9 Å². The Balaban J connectivity index is 2.32. The number of hydrogen-bond donors (Lipinski definition) is 1. The lowest BCUT2D eigenvalue weighted by atomic mass is 10.1. The zero-order chi connectivity index (χ0) is 14.3. The van der Waals surface area contributed by atoms with Gasteiger partial charge < -0.3 is 9.72 Å². The van der Waals surface area contributed by atoms with Gasteiger partial charge in [-0.15, -0.1) is 0 Å². The van der Waals surface area contributed by atoms with Crippen LogP contribution in [-0.2, 0) is 4.74 Å². The normalized spacial score (nSPS) is 11.2. The summed E-state index contributed by atoms with van der Waals surface area (Å²) in [5, 5.41) is 2.15. The van der Waals surface area contributed by atoms with Gasteiger partial charge in [0.2, 0.25) is 0 Å². The van der Waals surface area contributed by atoms with E-state index >= 15 is 0 Å². The summed E-state index contributed by atoms with van der Waals surface area (Å²) in [6.07, 6.45) is 1.70. The average Bonchev–Trinajstić information content (AvgIpc) is 2.77. The van der Waals surface area contributed by atoms with Crippen molar-refractivity contribution in [2.24, 2.45) is 0 Å². The van der Waals surface area contributed by atoms with Crippen molar-refractivity contribution in [3.05, 3.63) is 39.2 Å². The molecule has 3 rings (SSSR count). The Morgan fingerprint density at radius 2 is 2.20 bits per heavy atom. The molecule has 5 heteroatoms. The van der Waals surface area contributed by atoms with Crippen LogP contribution in [0.15, 0.2) is 24.4 Å². The number of esters is 1. The van der Waals surface area contributed by atoms with E-state index in [0.29, 0.717) is 12.3 Å². The number of benzene rings is 1. The zero-order valence-electron chi connectivity index (χ0n) is 11.2. The maximum absolute atomic E-state index is 11.9. The molecule has 4 nitrogen and oxygen atoms in total. The topological polar surface area (TPSA) is 55.0 Å². The van der Waals surface area contributed by atoms with Crippen LogP contribution in [0.1, 0.15) is 23.0 Å². The third-order valence-electron chi connectivity index (χ3n) is 3.31. The summed E-state index contributed by atoms with van der Waals surface area (Å²) in [5.41, 5.74) is 3.23. The second-order valence-corrected chi connectivity index (χ2v) is 5.80. The van der Waals surface area contributed by atoms with E-state index < -0.39 is 0 Å². The van der Waals surface area contributed by atoms with Crippen LogP contribution >= 0.6 is 22.6 Å². The number of ether oxygens (including phenoxy) is 1. The van der Waals surface area contributed by atoms with E-state index in [2.05, 4.69) is 38.6 Å². The summed E-state index contributed by atoms with van der Waals surface area (Å²) in [5.74, 6) is -0.369. The van der Waals surface area contributed by atoms with Crippen molar-refractivity contribution in [2.45, 2.75) is 13.8 Å². The highest BCUT2D eigenvalue weighted by molar-refractivity contribution is 14.1. The Morgan fingerprint density at radius 3 is 2.95 bits per heavy atom. The molecular weight excluding hydrogens is 367 g/mol. The van der Waals surface area contributed by atoms with Crippen molar-refractivity contribution in [1.82, 2.24) is 9.97 Å². The number of nitrogens with zero attached hydrogens (tertiary/aromatic N) is 1. The van der Waals surface area contributed by atoms with Gasteiger partial charge in [-0.1, -0.05) is 0 Å². The molecule has 0 unspecified atom stereocenters. The van der Waals surface area contributed by atoms with Gasteiger partial charge >= 0.3 is 5.97 Å². The first-order valence-corrected chi connectivity index (χ1v) is 7.43. The minimum absolute atomic E-state index is 0.351. The maximum atomic E-state index is 11.9. The molecule has 0 spiro atoms. The number of fused-ring (bicyclic) bond motifs is 3. The summed E-state index contributed by atoms with van der Waals surface area (Å²) in [7, 11) is 0. The van der Waals surface area contributed by atoms with Gasteiger partial charge in [0.05, 0.1) is 18.3 Å². The number of carbonyl (C=O) groups excluding carboxylic acids is 1. The van der Waals surface area contributed by atoms with Crippen LogP contribution in [0.3, 0.4) is 0 Å². The van der Waals surface area contributed by atoms with Crippen molar-refractivity contribution in [3.8, 4) is 0 Å². The first-order valence-electron chi connectivity index (χ1n) is 6.35. The van der Waals surface area contributed by atoms with Crippen molar-refractivity contribution in [2.75, 3.05) is 6.61 Å². The van der Waals surface area contributed by atoms with E-state index in [4.69, 9.17) is 4.74 Å². The Morgan fingerprint density at radius 1 is 1.40 bits per heavy atom. The van der Waals surface area contributed by atoms with Gasteiger partial charge in [0.25, 0.3) is 0 Å². The summed E-state index contributed by atoms with van der Waals surface area (Å²) in [6.45, 7) is 4.05. The van der Waals surface area contributed by atoms with Gasteiger partial charge in [0, 0.05) is 19.9 Å². The molecular formula is C15H13IN2O2. The molecule has 0 saturated carbocycles. The van der Waals surface area contributed by atoms with Crippen molar-refractivity contribution in [3.63, 3.8) is 0 Å². The van der Waals surface area contributed by atoms with E-state index in [1.165, 1.54) is 0 Å². The number of nitrogens with one attached hydrogen (secondary N) is 1. The molecule has 2 aromatic heterocycles. The minimum atomic E-state index is -0.369. The first kappa shape index (κ1) is 13.4. The largest absolute Gasteiger partial charge is 0.461 e. The van der Waals surface area contributed by atoms with Gasteiger partial charge in [0.15, 0.2) is 5.69 Å². The molecule has 20 heavy (non-hydrogen) atoms. The molecule has 2 heterocycles. The van der Waals surface area contributed by atoms with Crippen molar-refractivity contribution < 1.29 is 9.53 Å².